The van der Waals surface area contributed by atoms with Gasteiger partial charge in [-0.1, -0.05) is 90.5 Å². The zero-order chi connectivity index (χ0) is 25.6. The largest absolute Gasteiger partial charge is 0.292 e. The monoisotopic (exact) mass is 502 g/mol. The van der Waals surface area contributed by atoms with Gasteiger partial charge in [-0.15, -0.1) is 0 Å². The van der Waals surface area contributed by atoms with Crippen LogP contribution < -0.4 is 10.0 Å². The number of aryl methyl sites for hydroxylation is 2. The highest BCUT2D eigenvalue weighted by Crippen LogP contribution is 2.55. The number of para-hydroxylation sites is 2. The third-order valence-electron chi connectivity index (χ3n) is 6.71. The lowest BCUT2D eigenvalue weighted by atomic mass is 9.93. The van der Waals surface area contributed by atoms with E-state index in [0.717, 1.165) is 39.3 Å². The summed E-state index contributed by atoms with van der Waals surface area (Å²) in [6.07, 6.45) is 0. The van der Waals surface area contributed by atoms with E-state index < -0.39 is 4.99 Å². The molecule has 5 nitrogen and oxygen atoms in total. The molecule has 0 saturated heterocycles. The van der Waals surface area contributed by atoms with Crippen molar-refractivity contribution in [3.8, 4) is 0 Å². The Labute approximate surface area is 221 Å². The number of fused-ring (bicyclic) bond motifs is 2. The minimum absolute atomic E-state index is 0.0701. The number of ketones is 1. The van der Waals surface area contributed by atoms with Crippen LogP contribution in [0.1, 0.15) is 34.7 Å². The molecule has 0 unspecified atom stereocenters. The van der Waals surface area contributed by atoms with Gasteiger partial charge in [-0.05, 0) is 49.4 Å². The van der Waals surface area contributed by atoms with Crippen molar-refractivity contribution in [2.24, 2.45) is 10.2 Å². The molecule has 0 aromatic heterocycles. The van der Waals surface area contributed by atoms with Gasteiger partial charge in [-0.2, -0.15) is 10.2 Å². The average Bonchev–Trinajstić information content (AvgIpc) is 3.31. The summed E-state index contributed by atoms with van der Waals surface area (Å²) in [5, 5.41) is 14.7. The van der Waals surface area contributed by atoms with Crippen LogP contribution in [0.15, 0.2) is 113 Å². The highest BCUT2D eigenvalue weighted by molar-refractivity contribution is 8.17. The molecule has 6 rings (SSSR count). The lowest BCUT2D eigenvalue weighted by Crippen LogP contribution is -2.54. The second-order valence-electron chi connectivity index (χ2n) is 9.28. The maximum atomic E-state index is 12.8. The minimum atomic E-state index is -0.931. The first kappa shape index (κ1) is 23.3. The Hall–Kier alpha value is -4.16. The van der Waals surface area contributed by atoms with E-state index in [1.165, 1.54) is 17.3 Å². The minimum Gasteiger partial charge on any atom is -0.292 e. The van der Waals surface area contributed by atoms with Gasteiger partial charge in [0.25, 0.3) is 0 Å². The van der Waals surface area contributed by atoms with Crippen molar-refractivity contribution in [1.82, 2.24) is 0 Å². The zero-order valence-electron chi connectivity index (χ0n) is 20.9. The van der Waals surface area contributed by atoms with Gasteiger partial charge < -0.3 is 0 Å². The maximum Gasteiger partial charge on any atom is 0.234 e. The van der Waals surface area contributed by atoms with E-state index in [9.17, 15) is 4.79 Å². The summed E-state index contributed by atoms with van der Waals surface area (Å²) >= 11 is 1.44. The number of rotatable bonds is 4. The number of carbonyl (C=O) groups excluding carboxylic acids is 1. The molecular weight excluding hydrogens is 476 g/mol. The van der Waals surface area contributed by atoms with Crippen LogP contribution in [0.5, 0.6) is 0 Å². The van der Waals surface area contributed by atoms with E-state index in [0.29, 0.717) is 5.04 Å². The Morgan fingerprint density at radius 1 is 0.757 bits per heavy atom. The zero-order valence-corrected chi connectivity index (χ0v) is 21.7. The molecule has 4 aromatic rings. The number of thioether (sulfide) groups is 1. The first-order valence-electron chi connectivity index (χ1n) is 12.2. The lowest BCUT2D eigenvalue weighted by molar-refractivity contribution is -0.110. The molecule has 0 bridgehead atoms. The van der Waals surface area contributed by atoms with Crippen molar-refractivity contribution in [2.75, 3.05) is 10.0 Å². The van der Waals surface area contributed by atoms with Crippen LogP contribution in [-0.2, 0) is 9.79 Å². The Kier molecular flexibility index (Phi) is 5.69. The Bertz CT molecular complexity index is 1560. The smallest absolute Gasteiger partial charge is 0.234 e. The quantitative estimate of drug-likeness (QED) is 0.306. The Morgan fingerprint density at radius 3 is 2.16 bits per heavy atom. The number of anilines is 2. The number of benzene rings is 4. The molecule has 37 heavy (non-hydrogen) atoms. The van der Waals surface area contributed by atoms with Crippen molar-refractivity contribution in [1.29, 1.82) is 0 Å². The number of hydrazone groups is 2. The number of hydrogen-bond acceptors (Lipinski definition) is 6. The fourth-order valence-corrected chi connectivity index (χ4v) is 6.14. The molecule has 2 aliphatic heterocycles. The molecule has 6 heteroatoms. The summed E-state index contributed by atoms with van der Waals surface area (Å²) in [5.74, 6) is -0.0701. The van der Waals surface area contributed by atoms with Crippen LogP contribution in [0.2, 0.25) is 0 Å². The molecule has 1 spiro atoms. The molecule has 0 saturated carbocycles. The first-order valence-corrected chi connectivity index (χ1v) is 13.1. The van der Waals surface area contributed by atoms with Gasteiger partial charge in [-0.3, -0.25) is 4.79 Å². The number of nitrogens with zero attached hydrogens (tertiary/aromatic N) is 4. The third-order valence-corrected chi connectivity index (χ3v) is 8.12. The second-order valence-corrected chi connectivity index (χ2v) is 10.4. The van der Waals surface area contributed by atoms with Crippen molar-refractivity contribution in [3.63, 3.8) is 0 Å². The van der Waals surface area contributed by atoms with E-state index in [-0.39, 0.29) is 5.78 Å². The summed E-state index contributed by atoms with van der Waals surface area (Å²) < 4.78 is 0. The van der Waals surface area contributed by atoms with E-state index in [2.05, 4.69) is 62.4 Å². The topological polar surface area (TPSA) is 48.3 Å². The summed E-state index contributed by atoms with van der Waals surface area (Å²) in [6, 6.07) is 35.0. The molecule has 0 amide bonds. The summed E-state index contributed by atoms with van der Waals surface area (Å²) in [6.45, 7) is 5.72. The van der Waals surface area contributed by atoms with Crippen molar-refractivity contribution in [3.05, 3.63) is 131 Å². The first-order chi connectivity index (χ1) is 18.0. The molecule has 1 atom stereocenters. The summed E-state index contributed by atoms with van der Waals surface area (Å²) in [5.41, 5.74) is 8.06. The fourth-order valence-electron chi connectivity index (χ4n) is 4.86. The number of carbonyl (C=O) groups is 1. The molecule has 4 aromatic carbocycles. The van der Waals surface area contributed by atoms with Gasteiger partial charge in [0, 0.05) is 23.6 Å². The van der Waals surface area contributed by atoms with Gasteiger partial charge in [0.15, 0.2) is 10.8 Å². The van der Waals surface area contributed by atoms with Crippen LogP contribution >= 0.6 is 11.8 Å². The second kappa shape index (κ2) is 9.05. The average molecular weight is 503 g/mol. The normalized spacial score (nSPS) is 18.5. The molecule has 0 aliphatic carbocycles. The molecule has 0 fully saturated rings. The third kappa shape index (κ3) is 3.76. The van der Waals surface area contributed by atoms with Crippen LogP contribution in [0, 0.1) is 13.8 Å². The fraction of sp³-hybridized carbons (Fsp3) is 0.129. The molecule has 0 N–H and O–H groups in total. The lowest BCUT2D eigenvalue weighted by Gasteiger charge is -2.47. The predicted octanol–water partition coefficient (Wildman–Crippen LogP) is 6.84. The van der Waals surface area contributed by atoms with Crippen molar-refractivity contribution in [2.45, 2.75) is 25.8 Å². The van der Waals surface area contributed by atoms with Crippen LogP contribution in [-0.4, -0.2) is 16.5 Å². The predicted molar refractivity (Wildman–Crippen MR) is 153 cm³/mol. The summed E-state index contributed by atoms with van der Waals surface area (Å²) in [4.78, 5) is 11.8. The highest BCUT2D eigenvalue weighted by atomic mass is 32.2. The molecule has 2 aliphatic rings. The van der Waals surface area contributed by atoms with E-state index in [4.69, 9.17) is 10.2 Å². The molecule has 0 radical (unpaired) electrons. The molecule has 2 heterocycles. The van der Waals surface area contributed by atoms with E-state index >= 15 is 0 Å². The van der Waals surface area contributed by atoms with E-state index in [1.54, 1.807) is 6.92 Å². The maximum absolute atomic E-state index is 12.8. The van der Waals surface area contributed by atoms with Gasteiger partial charge in [0.05, 0.1) is 17.1 Å². The van der Waals surface area contributed by atoms with Crippen molar-refractivity contribution < 1.29 is 4.79 Å². The van der Waals surface area contributed by atoms with Gasteiger partial charge in [0.2, 0.25) is 4.99 Å². The van der Waals surface area contributed by atoms with Crippen LogP contribution in [0.4, 0.5) is 11.4 Å². The Balaban J connectivity index is 1.68. The highest BCUT2D eigenvalue weighted by Gasteiger charge is 2.56. The standard InChI is InChI=1S/C31H26N4OS/c1-21-17-19-24(20-18-21)29-26-14-8-9-15-27(26)31(34(32-29)25-12-5-4-6-13-25)35(33-30(37-31)23(3)36)28-16-10-7-11-22(28)2/h4-20H,1-3H3/t31-/m0/s1. The van der Waals surface area contributed by atoms with Crippen LogP contribution in [0.3, 0.4) is 0 Å². The SMILES string of the molecule is CC(=O)C1=NN(c2ccccc2C)[C@]2(S1)c1ccccc1C(c1ccc(C)cc1)=NN2c1ccccc1. The molecular formula is C31H26N4OS. The van der Waals surface area contributed by atoms with Crippen molar-refractivity contribution >= 4 is 39.7 Å². The van der Waals surface area contributed by atoms with Crippen LogP contribution in [0.25, 0.3) is 0 Å². The Morgan fingerprint density at radius 2 is 1.43 bits per heavy atom. The van der Waals surface area contributed by atoms with Gasteiger partial charge >= 0.3 is 0 Å². The van der Waals surface area contributed by atoms with E-state index in [1.807, 2.05) is 64.6 Å². The van der Waals surface area contributed by atoms with Gasteiger partial charge in [0.1, 0.15) is 0 Å². The summed E-state index contributed by atoms with van der Waals surface area (Å²) in [7, 11) is 0. The van der Waals surface area contributed by atoms with Gasteiger partial charge in [-0.25, -0.2) is 10.0 Å². The number of hydrogen-bond donors (Lipinski definition) is 0. The number of Topliss-reactive ketones (excluding diaryl/α,β-unsaturated/α-hetero) is 1. The molecule has 182 valence electrons.